The van der Waals surface area contributed by atoms with Crippen LogP contribution in [0.25, 0.3) is 0 Å². The van der Waals surface area contributed by atoms with E-state index in [-0.39, 0.29) is 29.9 Å². The lowest BCUT2D eigenvalue weighted by molar-refractivity contribution is -0.116. The lowest BCUT2D eigenvalue weighted by Crippen LogP contribution is -2.44. The Morgan fingerprint density at radius 3 is 2.52 bits per heavy atom. The summed E-state index contributed by atoms with van der Waals surface area (Å²) in [5, 5.41) is 0. The number of carbonyl (C=O) groups is 2. The zero-order chi connectivity index (χ0) is 16.6. The van der Waals surface area contributed by atoms with Crippen LogP contribution in [0.5, 0.6) is 0 Å². The second-order valence-corrected chi connectivity index (χ2v) is 7.64. The summed E-state index contributed by atoms with van der Waals surface area (Å²) < 4.78 is 30.0. The summed E-state index contributed by atoms with van der Waals surface area (Å²) in [6.07, 6.45) is -0.00589. The minimum Gasteiger partial charge on any atom is -0.375 e. The molecule has 3 rings (SSSR count). The van der Waals surface area contributed by atoms with Gasteiger partial charge in [0.15, 0.2) is 0 Å². The maximum absolute atomic E-state index is 12.4. The highest BCUT2D eigenvalue weighted by atomic mass is 32.2. The third kappa shape index (κ3) is 3.09. The third-order valence-electron chi connectivity index (χ3n) is 3.96. The van der Waals surface area contributed by atoms with E-state index in [0.29, 0.717) is 25.3 Å². The van der Waals surface area contributed by atoms with Crippen molar-refractivity contribution in [1.29, 1.82) is 0 Å². The molecule has 2 heterocycles. The van der Waals surface area contributed by atoms with Crippen LogP contribution < -0.4 is 4.31 Å². The number of sulfonamides is 1. The molecule has 7 nitrogen and oxygen atoms in total. The first-order chi connectivity index (χ1) is 10.9. The minimum absolute atomic E-state index is 0.000613. The molecule has 0 aliphatic carbocycles. The van der Waals surface area contributed by atoms with Gasteiger partial charge in [-0.25, -0.2) is 12.7 Å². The Balaban J connectivity index is 1.79. The lowest BCUT2D eigenvalue weighted by Gasteiger charge is -2.31. The number of benzene rings is 1. The molecule has 1 unspecified atom stereocenters. The molecule has 0 saturated carbocycles. The number of carbonyl (C=O) groups excluding carboxylic acids is 2. The monoisotopic (exact) mass is 338 g/mol. The van der Waals surface area contributed by atoms with E-state index in [1.807, 2.05) is 6.92 Å². The number of hydrogen-bond donors (Lipinski definition) is 0. The molecule has 2 aliphatic heterocycles. The lowest BCUT2D eigenvalue weighted by atomic mass is 10.1. The Hall–Kier alpha value is -1.93. The zero-order valence-corrected chi connectivity index (χ0v) is 13.6. The molecule has 2 fully saturated rings. The molecule has 0 bridgehead atoms. The van der Waals surface area contributed by atoms with Crippen LogP contribution in [0.4, 0.5) is 5.69 Å². The van der Waals surface area contributed by atoms with E-state index in [2.05, 4.69) is 0 Å². The highest BCUT2D eigenvalue weighted by molar-refractivity contribution is 7.94. The van der Waals surface area contributed by atoms with Gasteiger partial charge in [0, 0.05) is 25.1 Å². The van der Waals surface area contributed by atoms with E-state index < -0.39 is 15.9 Å². The normalized spacial score (nSPS) is 24.0. The Labute approximate surface area is 134 Å². The molecule has 1 aromatic rings. The van der Waals surface area contributed by atoms with Crippen molar-refractivity contribution < 1.29 is 22.7 Å². The van der Waals surface area contributed by atoms with Gasteiger partial charge >= 0.3 is 0 Å². The molecule has 0 N–H and O–H groups in total. The average Bonchev–Trinajstić information content (AvgIpc) is 2.80. The SMILES string of the molecule is CC1CN(C(=O)c2ccc(N3C(=O)CCS3(=O)=O)cc2)CCO1. The van der Waals surface area contributed by atoms with Gasteiger partial charge in [-0.3, -0.25) is 9.59 Å². The largest absolute Gasteiger partial charge is 0.375 e. The van der Waals surface area contributed by atoms with E-state index in [0.717, 1.165) is 4.31 Å². The molecule has 1 aromatic carbocycles. The standard InChI is InChI=1S/C15H18N2O5S/c1-11-10-16(7-8-22-11)15(19)12-2-4-13(5-3-12)17-14(18)6-9-23(17,20)21/h2-5,11H,6-10H2,1H3. The van der Waals surface area contributed by atoms with Gasteiger partial charge in [0.05, 0.1) is 24.2 Å². The summed E-state index contributed by atoms with van der Waals surface area (Å²) in [4.78, 5) is 25.9. The van der Waals surface area contributed by atoms with Gasteiger partial charge in [0.2, 0.25) is 15.9 Å². The fraction of sp³-hybridized carbons (Fsp3) is 0.467. The quantitative estimate of drug-likeness (QED) is 0.789. The van der Waals surface area contributed by atoms with Gasteiger partial charge in [0.25, 0.3) is 5.91 Å². The zero-order valence-electron chi connectivity index (χ0n) is 12.8. The Kier molecular flexibility index (Phi) is 4.11. The van der Waals surface area contributed by atoms with Crippen LogP contribution >= 0.6 is 0 Å². The topological polar surface area (TPSA) is 84.0 Å². The van der Waals surface area contributed by atoms with Crippen LogP contribution in [0.15, 0.2) is 24.3 Å². The molecule has 23 heavy (non-hydrogen) atoms. The summed E-state index contributed by atoms with van der Waals surface area (Å²) in [5.74, 6) is -0.730. The number of anilines is 1. The maximum atomic E-state index is 12.4. The van der Waals surface area contributed by atoms with Crippen molar-refractivity contribution in [3.05, 3.63) is 29.8 Å². The molecular weight excluding hydrogens is 320 g/mol. The smallest absolute Gasteiger partial charge is 0.254 e. The van der Waals surface area contributed by atoms with Crippen molar-refractivity contribution in [2.45, 2.75) is 19.4 Å². The number of rotatable bonds is 2. The summed E-state index contributed by atoms with van der Waals surface area (Å²) in [6, 6.07) is 6.10. The number of morpholine rings is 1. The number of ether oxygens (including phenoxy) is 1. The van der Waals surface area contributed by atoms with Gasteiger partial charge in [-0.15, -0.1) is 0 Å². The van der Waals surface area contributed by atoms with Crippen molar-refractivity contribution in [2.24, 2.45) is 0 Å². The summed E-state index contributed by atoms with van der Waals surface area (Å²) in [5.41, 5.74) is 0.742. The Bertz CT molecular complexity index is 729. The molecule has 2 aliphatic rings. The molecule has 1 atom stereocenters. The maximum Gasteiger partial charge on any atom is 0.254 e. The Morgan fingerprint density at radius 1 is 1.26 bits per heavy atom. The highest BCUT2D eigenvalue weighted by Crippen LogP contribution is 2.25. The first-order valence-corrected chi connectivity index (χ1v) is 9.06. The van der Waals surface area contributed by atoms with Gasteiger partial charge in [0.1, 0.15) is 0 Å². The number of hydrogen-bond acceptors (Lipinski definition) is 5. The van der Waals surface area contributed by atoms with E-state index in [1.165, 1.54) is 12.1 Å². The molecular formula is C15H18N2O5S. The van der Waals surface area contributed by atoms with Crippen LogP contribution in [-0.4, -0.2) is 56.7 Å². The van der Waals surface area contributed by atoms with Crippen molar-refractivity contribution in [2.75, 3.05) is 29.8 Å². The number of amides is 2. The molecule has 8 heteroatoms. The third-order valence-corrected chi connectivity index (χ3v) is 5.65. The molecule has 124 valence electrons. The van der Waals surface area contributed by atoms with E-state index in [9.17, 15) is 18.0 Å². The summed E-state index contributed by atoms with van der Waals surface area (Å²) in [6.45, 7) is 3.47. The number of nitrogens with zero attached hydrogens (tertiary/aromatic N) is 2. The fourth-order valence-corrected chi connectivity index (χ4v) is 4.25. The first-order valence-electron chi connectivity index (χ1n) is 7.45. The van der Waals surface area contributed by atoms with Gasteiger partial charge in [-0.1, -0.05) is 0 Å². The second-order valence-electron chi connectivity index (χ2n) is 5.70. The van der Waals surface area contributed by atoms with Crippen LogP contribution in [0.3, 0.4) is 0 Å². The molecule has 0 spiro atoms. The summed E-state index contributed by atoms with van der Waals surface area (Å²) in [7, 11) is -3.58. The van der Waals surface area contributed by atoms with E-state index >= 15 is 0 Å². The van der Waals surface area contributed by atoms with Crippen LogP contribution in [-0.2, 0) is 19.6 Å². The van der Waals surface area contributed by atoms with Gasteiger partial charge < -0.3 is 9.64 Å². The van der Waals surface area contributed by atoms with Crippen molar-refractivity contribution in [3.8, 4) is 0 Å². The van der Waals surface area contributed by atoms with Crippen molar-refractivity contribution in [1.82, 2.24) is 4.90 Å². The molecule has 2 amide bonds. The molecule has 2 saturated heterocycles. The van der Waals surface area contributed by atoms with Crippen molar-refractivity contribution >= 4 is 27.5 Å². The minimum atomic E-state index is -3.58. The highest BCUT2D eigenvalue weighted by Gasteiger charge is 2.36. The average molecular weight is 338 g/mol. The predicted octanol–water partition coefficient (Wildman–Crippen LogP) is 0.614. The van der Waals surface area contributed by atoms with Crippen LogP contribution in [0.2, 0.25) is 0 Å². The van der Waals surface area contributed by atoms with Crippen molar-refractivity contribution in [3.63, 3.8) is 0 Å². The van der Waals surface area contributed by atoms with E-state index in [4.69, 9.17) is 4.74 Å². The molecule has 0 radical (unpaired) electrons. The fourth-order valence-electron chi connectivity index (χ4n) is 2.79. The summed E-state index contributed by atoms with van der Waals surface area (Å²) >= 11 is 0. The second kappa shape index (κ2) is 5.93. The van der Waals surface area contributed by atoms with Gasteiger partial charge in [-0.05, 0) is 31.2 Å². The first kappa shape index (κ1) is 15.9. The van der Waals surface area contributed by atoms with E-state index in [1.54, 1.807) is 17.0 Å². The Morgan fingerprint density at radius 2 is 1.96 bits per heavy atom. The van der Waals surface area contributed by atoms with Gasteiger partial charge in [-0.2, -0.15) is 0 Å². The van der Waals surface area contributed by atoms with Crippen LogP contribution in [0, 0.1) is 0 Å². The van der Waals surface area contributed by atoms with Crippen LogP contribution in [0.1, 0.15) is 23.7 Å². The predicted molar refractivity (Wildman–Crippen MR) is 83.6 cm³/mol. The molecule has 0 aromatic heterocycles.